The van der Waals surface area contributed by atoms with Crippen molar-refractivity contribution in [2.45, 2.75) is 6.61 Å². The van der Waals surface area contributed by atoms with Crippen molar-refractivity contribution in [3.8, 4) is 5.75 Å². The Labute approximate surface area is 162 Å². The van der Waals surface area contributed by atoms with E-state index in [9.17, 15) is 9.59 Å². The number of para-hydroxylation sites is 2. The maximum Gasteiger partial charge on any atom is 0.355 e. The van der Waals surface area contributed by atoms with Crippen LogP contribution in [0.3, 0.4) is 0 Å². The molecule has 0 amide bonds. The minimum atomic E-state index is -0.661. The normalized spacial score (nSPS) is 14.0. The second kappa shape index (κ2) is 8.57. The fourth-order valence-corrected chi connectivity index (χ4v) is 2.84. The van der Waals surface area contributed by atoms with Crippen molar-refractivity contribution >= 4 is 17.6 Å². The number of nitrogens with zero attached hydrogens (tertiary/aromatic N) is 3. The van der Waals surface area contributed by atoms with Crippen LogP contribution in [-0.2, 0) is 37.5 Å². The van der Waals surface area contributed by atoms with E-state index in [1.807, 2.05) is 19.3 Å². The van der Waals surface area contributed by atoms with Gasteiger partial charge in [0.1, 0.15) is 24.8 Å². The number of esters is 2. The lowest BCUT2D eigenvalue weighted by molar-refractivity contribution is -0.140. The molecule has 9 nitrogen and oxygen atoms in total. The van der Waals surface area contributed by atoms with Crippen molar-refractivity contribution in [3.63, 3.8) is 0 Å². The second-order valence-corrected chi connectivity index (χ2v) is 5.99. The van der Waals surface area contributed by atoms with Crippen molar-refractivity contribution in [3.05, 3.63) is 53.5 Å². The molecule has 0 saturated heterocycles. The second-order valence-electron chi connectivity index (χ2n) is 5.99. The van der Waals surface area contributed by atoms with Gasteiger partial charge in [0.25, 0.3) is 0 Å². The highest BCUT2D eigenvalue weighted by atomic mass is 16.5. The number of hydrogen-bond acceptors (Lipinski definition) is 8. The third-order valence-corrected chi connectivity index (χ3v) is 4.14. The quantitative estimate of drug-likeness (QED) is 0.687. The number of hydrogen-bond donors (Lipinski definition) is 0. The monoisotopic (exact) mass is 387 g/mol. The third-order valence-electron chi connectivity index (χ3n) is 4.14. The van der Waals surface area contributed by atoms with Gasteiger partial charge in [0.05, 0.1) is 38.3 Å². The number of aromatic nitrogens is 2. The van der Waals surface area contributed by atoms with Gasteiger partial charge in [-0.1, -0.05) is 12.1 Å². The van der Waals surface area contributed by atoms with Gasteiger partial charge in [-0.15, -0.1) is 0 Å². The molecule has 1 aromatic heterocycles. The maximum absolute atomic E-state index is 12.4. The standard InChI is InChI=1S/C19H21N3O6/c1-21-9-13(8-20-21)10-28-16-7-5-4-6-15(16)22-12-27-11-14(18(23)25-2)17(22)19(24)26-3/h4-9H,10-12H2,1-3H3. The Kier molecular flexibility index (Phi) is 5.95. The van der Waals surface area contributed by atoms with Crippen molar-refractivity contribution in [1.82, 2.24) is 9.78 Å². The summed E-state index contributed by atoms with van der Waals surface area (Å²) in [6, 6.07) is 7.15. The zero-order chi connectivity index (χ0) is 20.1. The van der Waals surface area contributed by atoms with Gasteiger partial charge in [-0.2, -0.15) is 5.10 Å². The first kappa shape index (κ1) is 19.4. The minimum Gasteiger partial charge on any atom is -0.487 e. The Morgan fingerprint density at radius 3 is 2.61 bits per heavy atom. The first-order valence-corrected chi connectivity index (χ1v) is 8.49. The average Bonchev–Trinajstić information content (AvgIpc) is 3.15. The molecule has 1 aromatic carbocycles. The van der Waals surface area contributed by atoms with Crippen LogP contribution in [0.15, 0.2) is 47.9 Å². The number of ether oxygens (including phenoxy) is 4. The molecule has 0 fully saturated rings. The molecule has 1 aliphatic heterocycles. The van der Waals surface area contributed by atoms with Crippen LogP contribution < -0.4 is 9.64 Å². The predicted molar refractivity (Wildman–Crippen MR) is 98.3 cm³/mol. The van der Waals surface area contributed by atoms with Crippen LogP contribution in [-0.4, -0.2) is 49.3 Å². The molecule has 0 unspecified atom stereocenters. The Hall–Kier alpha value is -3.33. The molecule has 0 bridgehead atoms. The van der Waals surface area contributed by atoms with Crippen molar-refractivity contribution < 1.29 is 28.5 Å². The molecule has 0 N–H and O–H groups in total. The number of methoxy groups -OCH3 is 2. The highest BCUT2D eigenvalue weighted by Crippen LogP contribution is 2.34. The SMILES string of the molecule is COC(=O)C1=C(C(=O)OC)N(c2ccccc2OCc2cnn(C)c2)COC1. The Morgan fingerprint density at radius 2 is 1.93 bits per heavy atom. The Balaban J connectivity index is 1.96. The molecular formula is C19H21N3O6. The zero-order valence-corrected chi connectivity index (χ0v) is 15.9. The summed E-state index contributed by atoms with van der Waals surface area (Å²) in [6.45, 7) is 0.297. The first-order valence-electron chi connectivity index (χ1n) is 8.49. The lowest BCUT2D eigenvalue weighted by Crippen LogP contribution is -2.39. The smallest absolute Gasteiger partial charge is 0.355 e. The minimum absolute atomic E-state index is 0.0493. The van der Waals surface area contributed by atoms with Crippen molar-refractivity contribution in [2.75, 3.05) is 32.5 Å². The van der Waals surface area contributed by atoms with E-state index in [2.05, 4.69) is 5.10 Å². The molecule has 0 spiro atoms. The summed E-state index contributed by atoms with van der Waals surface area (Å²) in [4.78, 5) is 26.1. The Bertz CT molecular complexity index is 905. The van der Waals surface area contributed by atoms with Crippen LogP contribution in [0.4, 0.5) is 5.69 Å². The van der Waals surface area contributed by atoms with Gasteiger partial charge in [-0.25, -0.2) is 9.59 Å². The lowest BCUT2D eigenvalue weighted by Gasteiger charge is -2.32. The van der Waals surface area contributed by atoms with Crippen LogP contribution >= 0.6 is 0 Å². The number of aryl methyl sites for hydroxylation is 1. The molecule has 1 aliphatic rings. The third kappa shape index (κ3) is 3.99. The highest BCUT2D eigenvalue weighted by Gasteiger charge is 2.33. The molecule has 0 atom stereocenters. The van der Waals surface area contributed by atoms with Crippen LogP contribution in [0.2, 0.25) is 0 Å². The number of anilines is 1. The number of carbonyl (C=O) groups is 2. The summed E-state index contributed by atoms with van der Waals surface area (Å²) < 4.78 is 22.8. The number of carbonyl (C=O) groups excluding carboxylic acids is 2. The van der Waals surface area contributed by atoms with Crippen LogP contribution in [0.1, 0.15) is 5.56 Å². The van der Waals surface area contributed by atoms with E-state index in [0.29, 0.717) is 18.0 Å². The fourth-order valence-electron chi connectivity index (χ4n) is 2.84. The molecule has 148 valence electrons. The summed E-state index contributed by atoms with van der Waals surface area (Å²) in [6.07, 6.45) is 3.56. The summed E-state index contributed by atoms with van der Waals surface area (Å²) >= 11 is 0. The molecule has 2 aromatic rings. The fraction of sp³-hybridized carbons (Fsp3) is 0.316. The summed E-state index contributed by atoms with van der Waals surface area (Å²) in [5, 5.41) is 4.11. The summed E-state index contributed by atoms with van der Waals surface area (Å²) in [5.74, 6) is -0.799. The molecule has 3 rings (SSSR count). The van der Waals surface area contributed by atoms with Gasteiger partial charge in [0, 0.05) is 18.8 Å². The van der Waals surface area contributed by atoms with E-state index in [0.717, 1.165) is 5.56 Å². The number of benzene rings is 1. The summed E-state index contributed by atoms with van der Waals surface area (Å²) in [7, 11) is 4.32. The van der Waals surface area contributed by atoms with Gasteiger partial charge in [0.2, 0.25) is 0 Å². The largest absolute Gasteiger partial charge is 0.487 e. The molecule has 2 heterocycles. The van der Waals surface area contributed by atoms with E-state index < -0.39 is 11.9 Å². The van der Waals surface area contributed by atoms with Gasteiger partial charge in [-0.3, -0.25) is 4.68 Å². The predicted octanol–water partition coefficient (Wildman–Crippen LogP) is 1.39. The molecule has 0 radical (unpaired) electrons. The van der Waals surface area contributed by atoms with E-state index in [1.54, 1.807) is 34.0 Å². The van der Waals surface area contributed by atoms with Gasteiger partial charge < -0.3 is 23.8 Å². The van der Waals surface area contributed by atoms with E-state index in [1.165, 1.54) is 14.2 Å². The van der Waals surface area contributed by atoms with E-state index in [4.69, 9.17) is 18.9 Å². The van der Waals surface area contributed by atoms with E-state index >= 15 is 0 Å². The van der Waals surface area contributed by atoms with Crippen LogP contribution in [0.5, 0.6) is 5.75 Å². The molecule has 28 heavy (non-hydrogen) atoms. The Morgan fingerprint density at radius 1 is 1.18 bits per heavy atom. The van der Waals surface area contributed by atoms with Crippen LogP contribution in [0.25, 0.3) is 0 Å². The molecule has 0 saturated carbocycles. The van der Waals surface area contributed by atoms with Crippen molar-refractivity contribution in [2.24, 2.45) is 7.05 Å². The van der Waals surface area contributed by atoms with E-state index in [-0.39, 0.29) is 24.6 Å². The zero-order valence-electron chi connectivity index (χ0n) is 15.9. The lowest BCUT2D eigenvalue weighted by atomic mass is 10.1. The highest BCUT2D eigenvalue weighted by molar-refractivity contribution is 6.03. The van der Waals surface area contributed by atoms with Crippen LogP contribution in [0, 0.1) is 0 Å². The maximum atomic E-state index is 12.4. The van der Waals surface area contributed by atoms with Crippen molar-refractivity contribution in [1.29, 1.82) is 0 Å². The molecule has 9 heteroatoms. The summed E-state index contributed by atoms with van der Waals surface area (Å²) in [5.41, 5.74) is 1.61. The van der Waals surface area contributed by atoms with Gasteiger partial charge in [0.15, 0.2) is 0 Å². The number of rotatable bonds is 6. The average molecular weight is 387 g/mol. The molecular weight excluding hydrogens is 366 g/mol. The first-order chi connectivity index (χ1) is 13.5. The van der Waals surface area contributed by atoms with Gasteiger partial charge >= 0.3 is 11.9 Å². The molecule has 0 aliphatic carbocycles. The topological polar surface area (TPSA) is 92.1 Å². The van der Waals surface area contributed by atoms with Gasteiger partial charge in [-0.05, 0) is 12.1 Å².